The van der Waals surface area contributed by atoms with Gasteiger partial charge in [0.25, 0.3) is 0 Å². The maximum atomic E-state index is 11.8. The summed E-state index contributed by atoms with van der Waals surface area (Å²) in [6.07, 6.45) is 1.68. The van der Waals surface area contributed by atoms with Gasteiger partial charge in [0.2, 0.25) is 0 Å². The predicted octanol–water partition coefficient (Wildman–Crippen LogP) is 2.12. The van der Waals surface area contributed by atoms with Gasteiger partial charge >= 0.3 is 5.97 Å². The highest BCUT2D eigenvalue weighted by Crippen LogP contribution is 2.33. The van der Waals surface area contributed by atoms with E-state index in [1.807, 2.05) is 17.0 Å². The van der Waals surface area contributed by atoms with Gasteiger partial charge in [-0.25, -0.2) is 4.79 Å². The van der Waals surface area contributed by atoms with Crippen LogP contribution in [-0.4, -0.2) is 30.7 Å². The second kappa shape index (κ2) is 5.75. The fraction of sp³-hybridized carbons (Fsp3) is 0.385. The Morgan fingerprint density at radius 2 is 2.32 bits per heavy atom. The molecule has 0 radical (unpaired) electrons. The Kier molecular flexibility index (Phi) is 4.27. The Labute approximate surface area is 122 Å². The topological polar surface area (TPSA) is 55.6 Å². The van der Waals surface area contributed by atoms with Crippen molar-refractivity contribution in [2.75, 3.05) is 18.6 Å². The van der Waals surface area contributed by atoms with E-state index >= 15 is 0 Å². The maximum Gasteiger partial charge on any atom is 0.328 e. The molecular formula is C13H15ClN2O2S. The minimum atomic E-state index is -0.295. The SMILES string of the molecule is COC(=O)C1CCCN1c1cccc(Cl)c1C(N)=S. The van der Waals surface area contributed by atoms with Gasteiger partial charge in [0.15, 0.2) is 0 Å². The van der Waals surface area contributed by atoms with Crippen LogP contribution in [-0.2, 0) is 9.53 Å². The molecule has 1 aromatic rings. The fourth-order valence-electron chi connectivity index (χ4n) is 2.43. The lowest BCUT2D eigenvalue weighted by atomic mass is 10.1. The van der Waals surface area contributed by atoms with E-state index < -0.39 is 0 Å². The molecule has 0 spiro atoms. The van der Waals surface area contributed by atoms with Gasteiger partial charge in [-0.3, -0.25) is 0 Å². The van der Waals surface area contributed by atoms with Crippen molar-refractivity contribution in [1.82, 2.24) is 0 Å². The van der Waals surface area contributed by atoms with Crippen molar-refractivity contribution in [2.24, 2.45) is 5.73 Å². The molecule has 0 bridgehead atoms. The van der Waals surface area contributed by atoms with Gasteiger partial charge in [0.05, 0.1) is 17.7 Å². The summed E-state index contributed by atoms with van der Waals surface area (Å²) >= 11 is 11.2. The van der Waals surface area contributed by atoms with Crippen molar-refractivity contribution in [3.8, 4) is 0 Å². The average molecular weight is 299 g/mol. The minimum absolute atomic E-state index is 0.233. The number of carbonyl (C=O) groups is 1. The summed E-state index contributed by atoms with van der Waals surface area (Å²) in [5, 5.41) is 0.500. The van der Waals surface area contributed by atoms with E-state index in [4.69, 9.17) is 34.3 Å². The summed E-state index contributed by atoms with van der Waals surface area (Å²) in [6, 6.07) is 5.15. The molecule has 4 nitrogen and oxygen atoms in total. The van der Waals surface area contributed by atoms with Gasteiger partial charge in [-0.2, -0.15) is 0 Å². The number of hydrogen-bond donors (Lipinski definition) is 1. The number of ether oxygens (including phenoxy) is 1. The van der Waals surface area contributed by atoms with Gasteiger partial charge in [-0.1, -0.05) is 29.9 Å². The van der Waals surface area contributed by atoms with Crippen LogP contribution in [0, 0.1) is 0 Å². The molecule has 1 aliphatic heterocycles. The number of nitrogens with two attached hydrogens (primary N) is 1. The number of esters is 1. The third-order valence-corrected chi connectivity index (χ3v) is 3.79. The van der Waals surface area contributed by atoms with Crippen molar-refractivity contribution >= 4 is 40.5 Å². The molecular weight excluding hydrogens is 284 g/mol. The molecule has 1 unspecified atom stereocenters. The number of thiocarbonyl (C=S) groups is 1. The van der Waals surface area contributed by atoms with E-state index in [1.165, 1.54) is 7.11 Å². The lowest BCUT2D eigenvalue weighted by molar-refractivity contribution is -0.141. The average Bonchev–Trinajstić information content (AvgIpc) is 2.86. The van der Waals surface area contributed by atoms with Crippen LogP contribution >= 0.6 is 23.8 Å². The standard InChI is InChI=1S/C13H15ClN2O2S/c1-18-13(17)10-6-3-7-16(10)9-5-2-4-8(14)11(9)12(15)19/h2,4-5,10H,3,6-7H2,1H3,(H2,15,19). The second-order valence-electron chi connectivity index (χ2n) is 4.37. The zero-order chi connectivity index (χ0) is 14.0. The molecule has 1 saturated heterocycles. The summed E-state index contributed by atoms with van der Waals surface area (Å²) in [4.78, 5) is 14.0. The third kappa shape index (κ3) is 2.67. The summed E-state index contributed by atoms with van der Waals surface area (Å²) in [7, 11) is 1.39. The van der Waals surface area contributed by atoms with Crippen molar-refractivity contribution in [2.45, 2.75) is 18.9 Å². The zero-order valence-corrected chi connectivity index (χ0v) is 12.1. The van der Waals surface area contributed by atoms with E-state index in [-0.39, 0.29) is 17.0 Å². The Bertz CT molecular complexity index is 521. The summed E-state index contributed by atoms with van der Waals surface area (Å²) in [5.74, 6) is -0.244. The Hall–Kier alpha value is -1.33. The molecule has 2 N–H and O–H groups in total. The number of halogens is 1. The monoisotopic (exact) mass is 298 g/mol. The van der Waals surface area contributed by atoms with Crippen LogP contribution in [0.3, 0.4) is 0 Å². The molecule has 1 aromatic carbocycles. The molecule has 19 heavy (non-hydrogen) atoms. The van der Waals surface area contributed by atoms with E-state index in [9.17, 15) is 4.79 Å². The van der Waals surface area contributed by atoms with E-state index in [0.29, 0.717) is 10.6 Å². The number of rotatable bonds is 3. The summed E-state index contributed by atoms with van der Waals surface area (Å²) in [6.45, 7) is 0.760. The first-order valence-electron chi connectivity index (χ1n) is 5.99. The molecule has 1 heterocycles. The second-order valence-corrected chi connectivity index (χ2v) is 5.22. The summed E-state index contributed by atoms with van der Waals surface area (Å²) in [5.41, 5.74) is 7.16. The normalized spacial score (nSPS) is 18.4. The van der Waals surface area contributed by atoms with Crippen molar-refractivity contribution in [3.05, 3.63) is 28.8 Å². The highest BCUT2D eigenvalue weighted by atomic mass is 35.5. The number of anilines is 1. The molecule has 2 rings (SSSR count). The van der Waals surface area contributed by atoms with Crippen LogP contribution in [0.2, 0.25) is 5.02 Å². The predicted molar refractivity (Wildman–Crippen MR) is 79.7 cm³/mol. The third-order valence-electron chi connectivity index (χ3n) is 3.27. The summed E-state index contributed by atoms with van der Waals surface area (Å²) < 4.78 is 4.84. The zero-order valence-electron chi connectivity index (χ0n) is 10.6. The quantitative estimate of drug-likeness (QED) is 0.684. The molecule has 0 aliphatic carbocycles. The molecule has 1 aliphatic rings. The number of nitrogens with zero attached hydrogens (tertiary/aromatic N) is 1. The van der Waals surface area contributed by atoms with Crippen LogP contribution in [0.15, 0.2) is 18.2 Å². The van der Waals surface area contributed by atoms with Gasteiger partial charge in [0.1, 0.15) is 11.0 Å². The molecule has 1 atom stereocenters. The Balaban J connectivity index is 2.44. The van der Waals surface area contributed by atoms with Crippen LogP contribution in [0.1, 0.15) is 18.4 Å². The van der Waals surface area contributed by atoms with Gasteiger partial charge < -0.3 is 15.4 Å². The Morgan fingerprint density at radius 3 is 2.95 bits per heavy atom. The van der Waals surface area contributed by atoms with Gasteiger partial charge in [0, 0.05) is 12.2 Å². The first kappa shape index (κ1) is 14.1. The van der Waals surface area contributed by atoms with Gasteiger partial charge in [-0.15, -0.1) is 0 Å². The minimum Gasteiger partial charge on any atom is -0.467 e. The van der Waals surface area contributed by atoms with Crippen molar-refractivity contribution in [1.29, 1.82) is 0 Å². The molecule has 102 valence electrons. The van der Waals surface area contributed by atoms with E-state index in [1.54, 1.807) is 6.07 Å². The van der Waals surface area contributed by atoms with Crippen LogP contribution < -0.4 is 10.6 Å². The van der Waals surface area contributed by atoms with Gasteiger partial charge in [-0.05, 0) is 25.0 Å². The van der Waals surface area contributed by atoms with Crippen molar-refractivity contribution < 1.29 is 9.53 Å². The number of carbonyl (C=O) groups excluding carboxylic acids is 1. The maximum absolute atomic E-state index is 11.8. The van der Waals surface area contributed by atoms with E-state index in [0.717, 1.165) is 25.1 Å². The van der Waals surface area contributed by atoms with Crippen LogP contribution in [0.25, 0.3) is 0 Å². The molecule has 1 fully saturated rings. The Morgan fingerprint density at radius 1 is 1.58 bits per heavy atom. The fourth-order valence-corrected chi connectivity index (χ4v) is 2.97. The first-order chi connectivity index (χ1) is 9.06. The largest absolute Gasteiger partial charge is 0.467 e. The molecule has 0 aromatic heterocycles. The number of hydrogen-bond acceptors (Lipinski definition) is 4. The molecule has 0 saturated carbocycles. The van der Waals surface area contributed by atoms with E-state index in [2.05, 4.69) is 0 Å². The molecule has 0 amide bonds. The smallest absolute Gasteiger partial charge is 0.328 e. The lowest BCUT2D eigenvalue weighted by Gasteiger charge is -2.27. The highest BCUT2D eigenvalue weighted by molar-refractivity contribution is 7.80. The van der Waals surface area contributed by atoms with Crippen LogP contribution in [0.4, 0.5) is 5.69 Å². The van der Waals surface area contributed by atoms with Crippen molar-refractivity contribution in [3.63, 3.8) is 0 Å². The number of methoxy groups -OCH3 is 1. The molecule has 6 heteroatoms. The lowest BCUT2D eigenvalue weighted by Crippen LogP contribution is -2.38. The number of benzene rings is 1. The first-order valence-corrected chi connectivity index (χ1v) is 6.77. The van der Waals surface area contributed by atoms with Crippen LogP contribution in [0.5, 0.6) is 0 Å². The highest BCUT2D eigenvalue weighted by Gasteiger charge is 2.33.